The smallest absolute Gasteiger partial charge is 0.257 e. The summed E-state index contributed by atoms with van der Waals surface area (Å²) in [6.45, 7) is 4.56. The van der Waals surface area contributed by atoms with E-state index in [1.807, 2.05) is 36.1 Å². The Labute approximate surface area is 151 Å². The predicted octanol–water partition coefficient (Wildman–Crippen LogP) is 2.97. The zero-order chi connectivity index (χ0) is 18.1. The van der Waals surface area contributed by atoms with Crippen LogP contribution in [0.25, 0.3) is 11.1 Å². The fourth-order valence-corrected chi connectivity index (χ4v) is 3.34. The van der Waals surface area contributed by atoms with E-state index in [0.29, 0.717) is 35.3 Å². The molecule has 0 spiro atoms. The molecule has 0 unspecified atom stereocenters. The molecule has 1 aromatic carbocycles. The Kier molecular flexibility index (Phi) is 4.05. The molecule has 130 valence electrons. The topological polar surface area (TPSA) is 73.4 Å². The monoisotopic (exact) mass is 346 g/mol. The van der Waals surface area contributed by atoms with Crippen LogP contribution < -0.4 is 4.90 Å². The first-order valence-corrected chi connectivity index (χ1v) is 8.55. The molecule has 3 heterocycles. The second kappa shape index (κ2) is 6.52. The SMILES string of the molecule is Cc1cc2nccc(C(=O)N3CCN(c4cccc(C#N)c4)CC3)c2o1. The van der Waals surface area contributed by atoms with E-state index in [1.165, 1.54) is 0 Å². The van der Waals surface area contributed by atoms with Crippen LogP contribution in [0.5, 0.6) is 0 Å². The number of anilines is 1. The van der Waals surface area contributed by atoms with Crippen LogP contribution in [-0.2, 0) is 0 Å². The highest BCUT2D eigenvalue weighted by Gasteiger charge is 2.25. The van der Waals surface area contributed by atoms with E-state index in [1.54, 1.807) is 18.3 Å². The van der Waals surface area contributed by atoms with Crippen LogP contribution in [0.3, 0.4) is 0 Å². The van der Waals surface area contributed by atoms with Gasteiger partial charge in [-0.15, -0.1) is 0 Å². The van der Waals surface area contributed by atoms with Crippen molar-refractivity contribution in [1.29, 1.82) is 5.26 Å². The fourth-order valence-electron chi connectivity index (χ4n) is 3.34. The molecule has 2 aromatic heterocycles. The maximum Gasteiger partial charge on any atom is 0.257 e. The average molecular weight is 346 g/mol. The van der Waals surface area contributed by atoms with Crippen LogP contribution in [0.2, 0.25) is 0 Å². The second-order valence-corrected chi connectivity index (χ2v) is 6.37. The Morgan fingerprint density at radius 2 is 2.00 bits per heavy atom. The molecule has 26 heavy (non-hydrogen) atoms. The lowest BCUT2D eigenvalue weighted by atomic mass is 10.1. The van der Waals surface area contributed by atoms with Crippen molar-refractivity contribution in [3.8, 4) is 6.07 Å². The summed E-state index contributed by atoms with van der Waals surface area (Å²) in [5.41, 5.74) is 3.49. The van der Waals surface area contributed by atoms with Crippen LogP contribution in [0.1, 0.15) is 21.7 Å². The van der Waals surface area contributed by atoms with Crippen molar-refractivity contribution in [2.75, 3.05) is 31.1 Å². The molecule has 1 fully saturated rings. The molecular weight excluding hydrogens is 328 g/mol. The van der Waals surface area contributed by atoms with Gasteiger partial charge in [0.15, 0.2) is 5.58 Å². The Balaban J connectivity index is 1.50. The standard InChI is InChI=1S/C20H18N4O2/c1-14-11-18-19(26-14)17(5-6-22-18)20(25)24-9-7-23(8-10-24)16-4-2-3-15(12-16)13-21/h2-6,11-12H,7-10H2,1H3. The van der Waals surface area contributed by atoms with E-state index >= 15 is 0 Å². The number of piperazine rings is 1. The van der Waals surface area contributed by atoms with Gasteiger partial charge in [-0.2, -0.15) is 5.26 Å². The van der Waals surface area contributed by atoms with Crippen LogP contribution in [0, 0.1) is 18.3 Å². The van der Waals surface area contributed by atoms with Crippen molar-refractivity contribution in [3.63, 3.8) is 0 Å². The van der Waals surface area contributed by atoms with E-state index in [9.17, 15) is 4.79 Å². The number of amides is 1. The lowest BCUT2D eigenvalue weighted by Gasteiger charge is -2.36. The fraction of sp³-hybridized carbons (Fsp3) is 0.250. The Hall–Kier alpha value is -3.33. The summed E-state index contributed by atoms with van der Waals surface area (Å²) < 4.78 is 5.68. The van der Waals surface area contributed by atoms with Gasteiger partial charge >= 0.3 is 0 Å². The van der Waals surface area contributed by atoms with Gasteiger partial charge in [0.25, 0.3) is 5.91 Å². The number of carbonyl (C=O) groups is 1. The normalized spacial score (nSPS) is 14.5. The lowest BCUT2D eigenvalue weighted by Crippen LogP contribution is -2.48. The molecule has 0 radical (unpaired) electrons. The Morgan fingerprint density at radius 1 is 1.19 bits per heavy atom. The molecule has 4 rings (SSSR count). The summed E-state index contributed by atoms with van der Waals surface area (Å²) in [5, 5.41) is 9.05. The van der Waals surface area contributed by atoms with Gasteiger partial charge in [-0.3, -0.25) is 9.78 Å². The molecule has 0 bridgehead atoms. The maximum atomic E-state index is 12.9. The molecule has 0 aliphatic carbocycles. The molecule has 0 saturated carbocycles. The van der Waals surface area contributed by atoms with E-state index in [2.05, 4.69) is 16.0 Å². The van der Waals surface area contributed by atoms with Crippen LogP contribution in [-0.4, -0.2) is 42.0 Å². The summed E-state index contributed by atoms with van der Waals surface area (Å²) in [6.07, 6.45) is 1.65. The van der Waals surface area contributed by atoms with Gasteiger partial charge in [-0.05, 0) is 31.2 Å². The van der Waals surface area contributed by atoms with Crippen LogP contribution >= 0.6 is 0 Å². The Bertz CT molecular complexity index is 1010. The lowest BCUT2D eigenvalue weighted by molar-refractivity contribution is 0.0747. The van der Waals surface area contributed by atoms with Gasteiger partial charge in [0.05, 0.1) is 17.2 Å². The average Bonchev–Trinajstić information content (AvgIpc) is 3.07. The van der Waals surface area contributed by atoms with E-state index in [0.717, 1.165) is 24.5 Å². The number of rotatable bonds is 2. The van der Waals surface area contributed by atoms with Crippen LogP contribution in [0.4, 0.5) is 5.69 Å². The van der Waals surface area contributed by atoms with Gasteiger partial charge in [-0.1, -0.05) is 6.07 Å². The number of pyridine rings is 1. The second-order valence-electron chi connectivity index (χ2n) is 6.37. The minimum absolute atomic E-state index is 0.0304. The number of hydrogen-bond acceptors (Lipinski definition) is 5. The number of nitriles is 1. The third-order valence-electron chi connectivity index (χ3n) is 4.67. The highest BCUT2D eigenvalue weighted by molar-refractivity contribution is 6.04. The summed E-state index contributed by atoms with van der Waals surface area (Å²) in [4.78, 5) is 21.2. The van der Waals surface area contributed by atoms with Crippen LogP contribution in [0.15, 0.2) is 47.0 Å². The van der Waals surface area contributed by atoms with Crippen molar-refractivity contribution in [3.05, 3.63) is 59.5 Å². The molecule has 6 nitrogen and oxygen atoms in total. The van der Waals surface area contributed by atoms with Crippen molar-refractivity contribution >= 4 is 22.7 Å². The maximum absolute atomic E-state index is 12.9. The molecule has 0 N–H and O–H groups in total. The summed E-state index contributed by atoms with van der Waals surface area (Å²) >= 11 is 0. The molecule has 1 aliphatic heterocycles. The molecule has 1 aliphatic rings. The van der Waals surface area contributed by atoms with Crippen molar-refractivity contribution in [1.82, 2.24) is 9.88 Å². The zero-order valence-electron chi connectivity index (χ0n) is 14.5. The van der Waals surface area contributed by atoms with Crippen molar-refractivity contribution in [2.24, 2.45) is 0 Å². The largest absolute Gasteiger partial charge is 0.459 e. The van der Waals surface area contributed by atoms with Gasteiger partial charge in [0, 0.05) is 44.1 Å². The number of fused-ring (bicyclic) bond motifs is 1. The number of carbonyl (C=O) groups excluding carboxylic acids is 1. The first kappa shape index (κ1) is 16.2. The Morgan fingerprint density at radius 3 is 2.77 bits per heavy atom. The minimum Gasteiger partial charge on any atom is -0.459 e. The summed E-state index contributed by atoms with van der Waals surface area (Å²) in [7, 11) is 0. The van der Waals surface area contributed by atoms with Gasteiger partial charge in [0.1, 0.15) is 11.3 Å². The predicted molar refractivity (Wildman–Crippen MR) is 98.0 cm³/mol. The number of aromatic nitrogens is 1. The highest BCUT2D eigenvalue weighted by atomic mass is 16.3. The quantitative estimate of drug-likeness (QED) is 0.713. The highest BCUT2D eigenvalue weighted by Crippen LogP contribution is 2.23. The first-order valence-electron chi connectivity index (χ1n) is 8.55. The zero-order valence-corrected chi connectivity index (χ0v) is 14.5. The van der Waals surface area contributed by atoms with Crippen molar-refractivity contribution < 1.29 is 9.21 Å². The number of furan rings is 1. The van der Waals surface area contributed by atoms with E-state index in [-0.39, 0.29) is 5.91 Å². The van der Waals surface area contributed by atoms with Gasteiger partial charge in [-0.25, -0.2) is 0 Å². The molecule has 1 amide bonds. The molecule has 1 saturated heterocycles. The first-order chi connectivity index (χ1) is 12.7. The molecule has 3 aromatic rings. The minimum atomic E-state index is -0.0304. The summed E-state index contributed by atoms with van der Waals surface area (Å²) in [5.74, 6) is 0.715. The van der Waals surface area contributed by atoms with Gasteiger partial charge < -0.3 is 14.2 Å². The van der Waals surface area contributed by atoms with Gasteiger partial charge in [0.2, 0.25) is 0 Å². The number of hydrogen-bond donors (Lipinski definition) is 0. The molecule has 6 heteroatoms. The number of nitrogens with zero attached hydrogens (tertiary/aromatic N) is 4. The number of benzene rings is 1. The summed E-state index contributed by atoms with van der Waals surface area (Å²) in [6, 6.07) is 13.3. The third-order valence-corrected chi connectivity index (χ3v) is 4.67. The number of aryl methyl sites for hydroxylation is 1. The van der Waals surface area contributed by atoms with E-state index in [4.69, 9.17) is 9.68 Å². The molecule has 0 atom stereocenters. The van der Waals surface area contributed by atoms with E-state index < -0.39 is 0 Å². The molecular formula is C20H18N4O2. The third kappa shape index (κ3) is 2.88. The van der Waals surface area contributed by atoms with Crippen molar-refractivity contribution in [2.45, 2.75) is 6.92 Å².